The molecule has 1 fully saturated rings. The van der Waals surface area contributed by atoms with Gasteiger partial charge in [-0.1, -0.05) is 88.6 Å². The molecule has 0 radical (unpaired) electrons. The molecule has 0 aliphatic carbocycles. The predicted molar refractivity (Wildman–Crippen MR) is 97.3 cm³/mol. The average molecular weight is 302 g/mol. The zero-order chi connectivity index (χ0) is 15.5. The zero-order valence-corrected chi connectivity index (χ0v) is 14.5. The van der Waals surface area contributed by atoms with Gasteiger partial charge < -0.3 is 5.32 Å². The summed E-state index contributed by atoms with van der Waals surface area (Å²) in [5.41, 5.74) is 1.51. The minimum Gasteiger partial charge on any atom is -0.314 e. The van der Waals surface area contributed by atoms with E-state index in [0.717, 1.165) is 12.0 Å². The Morgan fingerprint density at radius 3 is 2.32 bits per heavy atom. The van der Waals surface area contributed by atoms with Gasteiger partial charge in [-0.15, -0.1) is 0 Å². The fourth-order valence-corrected chi connectivity index (χ4v) is 3.82. The van der Waals surface area contributed by atoms with Gasteiger partial charge in [0.15, 0.2) is 0 Å². The molecule has 0 bridgehead atoms. The van der Waals surface area contributed by atoms with Gasteiger partial charge in [0.25, 0.3) is 0 Å². The number of rotatable bonds is 11. The molecule has 0 saturated carbocycles. The molecule has 1 nitrogen and oxygen atoms in total. The van der Waals surface area contributed by atoms with E-state index in [4.69, 9.17) is 0 Å². The molecule has 1 N–H and O–H groups in total. The maximum absolute atomic E-state index is 3.75. The largest absolute Gasteiger partial charge is 0.314 e. The third kappa shape index (κ3) is 6.52. The maximum atomic E-state index is 3.75. The van der Waals surface area contributed by atoms with E-state index in [9.17, 15) is 0 Å². The number of unbranched alkanes of at least 4 members (excludes halogenated alkanes) is 7. The smallest absolute Gasteiger partial charge is 0.00989 e. The van der Waals surface area contributed by atoms with Crippen molar-refractivity contribution in [2.24, 2.45) is 5.92 Å². The zero-order valence-electron chi connectivity index (χ0n) is 14.5. The van der Waals surface area contributed by atoms with Crippen LogP contribution in [-0.2, 0) is 6.42 Å². The molecular weight excluding hydrogens is 266 g/mol. The van der Waals surface area contributed by atoms with E-state index < -0.39 is 0 Å². The van der Waals surface area contributed by atoms with Crippen LogP contribution in [0, 0.1) is 5.92 Å². The summed E-state index contributed by atoms with van der Waals surface area (Å²) in [6, 6.07) is 11.8. The third-order valence-electron chi connectivity index (χ3n) is 5.20. The number of nitrogens with one attached hydrogen (secondary N) is 1. The summed E-state index contributed by atoms with van der Waals surface area (Å²) in [5.74, 6) is 0.854. The summed E-state index contributed by atoms with van der Waals surface area (Å²) >= 11 is 0. The van der Waals surface area contributed by atoms with Crippen molar-refractivity contribution in [3.8, 4) is 0 Å². The SMILES string of the molecule is CCCCCCCCCCC1NCCC1Cc1ccccc1. The lowest BCUT2D eigenvalue weighted by atomic mass is 9.89. The maximum Gasteiger partial charge on any atom is 0.00989 e. The van der Waals surface area contributed by atoms with Gasteiger partial charge in [0.05, 0.1) is 0 Å². The van der Waals surface area contributed by atoms with Gasteiger partial charge in [-0.05, 0) is 37.3 Å². The second-order valence-corrected chi connectivity index (χ2v) is 7.06. The minimum absolute atomic E-state index is 0.764. The molecule has 1 heteroatoms. The van der Waals surface area contributed by atoms with Crippen molar-refractivity contribution in [1.82, 2.24) is 5.32 Å². The monoisotopic (exact) mass is 301 g/mol. The molecule has 2 atom stereocenters. The summed E-state index contributed by atoms with van der Waals surface area (Å²) in [7, 11) is 0. The summed E-state index contributed by atoms with van der Waals surface area (Å²) in [6.45, 7) is 3.51. The van der Waals surface area contributed by atoms with Crippen LogP contribution in [0.25, 0.3) is 0 Å². The van der Waals surface area contributed by atoms with Crippen LogP contribution in [0.1, 0.15) is 76.7 Å². The fourth-order valence-electron chi connectivity index (χ4n) is 3.82. The standard InChI is InChI=1S/C21H35N/c1-2-3-4-5-6-7-8-12-15-21-20(16-17-22-21)18-19-13-10-9-11-14-19/h9-11,13-14,20-22H,2-8,12,15-18H2,1H3. The number of hydrogen-bond acceptors (Lipinski definition) is 1. The molecule has 22 heavy (non-hydrogen) atoms. The van der Waals surface area contributed by atoms with Gasteiger partial charge in [-0.25, -0.2) is 0 Å². The number of hydrogen-bond donors (Lipinski definition) is 1. The van der Waals surface area contributed by atoms with E-state index in [1.54, 1.807) is 0 Å². The molecule has 0 spiro atoms. The molecule has 0 aromatic heterocycles. The van der Waals surface area contributed by atoms with Gasteiger partial charge in [0.2, 0.25) is 0 Å². The van der Waals surface area contributed by atoms with E-state index in [0.29, 0.717) is 0 Å². The highest BCUT2D eigenvalue weighted by atomic mass is 14.9. The van der Waals surface area contributed by atoms with Gasteiger partial charge in [-0.3, -0.25) is 0 Å². The summed E-state index contributed by atoms with van der Waals surface area (Å²) in [4.78, 5) is 0. The molecule has 2 unspecified atom stereocenters. The van der Waals surface area contributed by atoms with Gasteiger partial charge in [0, 0.05) is 6.04 Å². The molecular formula is C21H35N. The summed E-state index contributed by atoms with van der Waals surface area (Å²) in [5, 5.41) is 3.75. The van der Waals surface area contributed by atoms with E-state index in [2.05, 4.69) is 42.6 Å². The Labute approximate surface area is 137 Å². The van der Waals surface area contributed by atoms with Crippen LogP contribution in [0.5, 0.6) is 0 Å². The first-order valence-corrected chi connectivity index (χ1v) is 9.67. The molecule has 2 rings (SSSR count). The van der Waals surface area contributed by atoms with Crippen molar-refractivity contribution in [2.45, 2.75) is 83.6 Å². The van der Waals surface area contributed by atoms with Crippen molar-refractivity contribution in [2.75, 3.05) is 6.54 Å². The van der Waals surface area contributed by atoms with E-state index in [-0.39, 0.29) is 0 Å². The molecule has 1 aliphatic heterocycles. The van der Waals surface area contributed by atoms with Crippen LogP contribution in [0.15, 0.2) is 30.3 Å². The first-order valence-electron chi connectivity index (χ1n) is 9.67. The van der Waals surface area contributed by atoms with Crippen molar-refractivity contribution >= 4 is 0 Å². The van der Waals surface area contributed by atoms with E-state index in [1.807, 2.05) is 0 Å². The van der Waals surface area contributed by atoms with Crippen molar-refractivity contribution < 1.29 is 0 Å². The van der Waals surface area contributed by atoms with Crippen LogP contribution >= 0.6 is 0 Å². The van der Waals surface area contributed by atoms with Crippen LogP contribution < -0.4 is 5.32 Å². The highest BCUT2D eigenvalue weighted by Gasteiger charge is 2.26. The molecule has 1 aromatic carbocycles. The lowest BCUT2D eigenvalue weighted by molar-refractivity contribution is 0.403. The topological polar surface area (TPSA) is 12.0 Å². The summed E-state index contributed by atoms with van der Waals surface area (Å²) < 4.78 is 0. The molecule has 1 aliphatic rings. The van der Waals surface area contributed by atoms with Gasteiger partial charge in [-0.2, -0.15) is 0 Å². The quantitative estimate of drug-likeness (QED) is 0.514. The Hall–Kier alpha value is -0.820. The van der Waals surface area contributed by atoms with Crippen molar-refractivity contribution in [1.29, 1.82) is 0 Å². The molecule has 124 valence electrons. The molecule has 1 saturated heterocycles. The van der Waals surface area contributed by atoms with Gasteiger partial charge in [0.1, 0.15) is 0 Å². The number of benzene rings is 1. The Morgan fingerprint density at radius 1 is 0.909 bits per heavy atom. The Morgan fingerprint density at radius 2 is 1.59 bits per heavy atom. The average Bonchev–Trinajstić information content (AvgIpc) is 2.98. The Bertz CT molecular complexity index is 373. The molecule has 0 amide bonds. The fraction of sp³-hybridized carbons (Fsp3) is 0.714. The Kier molecular flexibility index (Phi) is 8.63. The van der Waals surface area contributed by atoms with Crippen LogP contribution in [0.3, 0.4) is 0 Å². The van der Waals surface area contributed by atoms with E-state index in [1.165, 1.54) is 82.7 Å². The predicted octanol–water partition coefficient (Wildman–Crippen LogP) is 5.74. The lowest BCUT2D eigenvalue weighted by Gasteiger charge is -2.19. The molecule has 1 aromatic rings. The first-order chi connectivity index (χ1) is 10.9. The van der Waals surface area contributed by atoms with E-state index >= 15 is 0 Å². The van der Waals surface area contributed by atoms with Crippen LogP contribution in [0.2, 0.25) is 0 Å². The normalized spacial score (nSPS) is 21.3. The highest BCUT2D eigenvalue weighted by Crippen LogP contribution is 2.24. The van der Waals surface area contributed by atoms with Crippen molar-refractivity contribution in [3.63, 3.8) is 0 Å². The highest BCUT2D eigenvalue weighted by molar-refractivity contribution is 5.16. The summed E-state index contributed by atoms with van der Waals surface area (Å²) in [6.07, 6.45) is 15.4. The Balaban J connectivity index is 1.57. The first kappa shape index (κ1) is 17.5. The van der Waals surface area contributed by atoms with Crippen LogP contribution in [0.4, 0.5) is 0 Å². The van der Waals surface area contributed by atoms with Crippen molar-refractivity contribution in [3.05, 3.63) is 35.9 Å². The second-order valence-electron chi connectivity index (χ2n) is 7.06. The minimum atomic E-state index is 0.764. The van der Waals surface area contributed by atoms with Gasteiger partial charge >= 0.3 is 0 Å². The van der Waals surface area contributed by atoms with Crippen LogP contribution in [-0.4, -0.2) is 12.6 Å². The lowest BCUT2D eigenvalue weighted by Crippen LogP contribution is -2.27. The molecule has 1 heterocycles. The third-order valence-corrected chi connectivity index (χ3v) is 5.20. The second kappa shape index (κ2) is 10.8.